The van der Waals surface area contributed by atoms with Gasteiger partial charge < -0.3 is 9.47 Å². The second-order valence-corrected chi connectivity index (χ2v) is 8.90. The quantitative estimate of drug-likeness (QED) is 0.262. The number of aromatic nitrogens is 2. The maximum absolute atomic E-state index is 12.1. The molecule has 0 spiro atoms. The van der Waals surface area contributed by atoms with E-state index in [-0.39, 0.29) is 11.5 Å². The molecule has 1 heterocycles. The summed E-state index contributed by atoms with van der Waals surface area (Å²) in [7, 11) is -3.68. The molecular formula is C24H28N2O5S. The Hall–Kier alpha value is -2.81. The van der Waals surface area contributed by atoms with Crippen molar-refractivity contribution in [2.24, 2.45) is 0 Å². The molecular weight excluding hydrogens is 428 g/mol. The van der Waals surface area contributed by atoms with Gasteiger partial charge in [0.1, 0.15) is 12.4 Å². The summed E-state index contributed by atoms with van der Waals surface area (Å²) in [5.41, 5.74) is 1.01. The molecule has 3 aromatic rings. The lowest BCUT2D eigenvalue weighted by molar-refractivity contribution is 0.110. The summed E-state index contributed by atoms with van der Waals surface area (Å²) in [5, 5.41) is 0. The van der Waals surface area contributed by atoms with Crippen LogP contribution >= 0.6 is 0 Å². The fraction of sp³-hybridized carbons (Fsp3) is 0.333. The number of para-hydroxylation sites is 1. The number of nitrogens with zero attached hydrogens (tertiary/aromatic N) is 2. The van der Waals surface area contributed by atoms with Crippen molar-refractivity contribution in [2.45, 2.75) is 44.1 Å². The number of hydrogen-bond acceptors (Lipinski definition) is 7. The zero-order chi connectivity index (χ0) is 22.7. The molecule has 7 nitrogen and oxygen atoms in total. The van der Waals surface area contributed by atoms with Gasteiger partial charge in [-0.2, -0.15) is 13.4 Å². The molecule has 3 rings (SSSR count). The second-order valence-electron chi connectivity index (χ2n) is 7.28. The van der Waals surface area contributed by atoms with E-state index in [9.17, 15) is 8.42 Å². The maximum atomic E-state index is 12.1. The standard InChI is InChI=1S/C24H28N2O5S/c1-20-11-13-22(14-12-20)32(27,28)30-18-8-3-2-7-17-29-19-23-25-16-15-24(26-23)31-21-9-5-4-6-10-21/h4-6,9-16H,2-3,7-8,17-19H2,1H3. The van der Waals surface area contributed by atoms with Gasteiger partial charge in [0.05, 0.1) is 11.5 Å². The average molecular weight is 457 g/mol. The van der Waals surface area contributed by atoms with Crippen LogP contribution in [0.4, 0.5) is 0 Å². The number of aryl methyl sites for hydroxylation is 1. The van der Waals surface area contributed by atoms with Crippen LogP contribution in [0.1, 0.15) is 37.1 Å². The largest absolute Gasteiger partial charge is 0.439 e. The fourth-order valence-electron chi connectivity index (χ4n) is 2.88. The Morgan fingerprint density at radius 1 is 0.844 bits per heavy atom. The smallest absolute Gasteiger partial charge is 0.296 e. The highest BCUT2D eigenvalue weighted by atomic mass is 32.2. The van der Waals surface area contributed by atoms with Crippen LogP contribution in [0.2, 0.25) is 0 Å². The van der Waals surface area contributed by atoms with Crippen LogP contribution in [-0.4, -0.2) is 31.6 Å². The van der Waals surface area contributed by atoms with Gasteiger partial charge in [0.25, 0.3) is 10.1 Å². The summed E-state index contributed by atoms with van der Waals surface area (Å²) >= 11 is 0. The Morgan fingerprint density at radius 2 is 1.56 bits per heavy atom. The van der Waals surface area contributed by atoms with Gasteiger partial charge >= 0.3 is 0 Å². The van der Waals surface area contributed by atoms with Crippen LogP contribution in [0.3, 0.4) is 0 Å². The molecule has 0 fully saturated rings. The Morgan fingerprint density at radius 3 is 2.31 bits per heavy atom. The lowest BCUT2D eigenvalue weighted by Crippen LogP contribution is -2.07. The Labute approximate surface area is 189 Å². The molecule has 0 saturated heterocycles. The second kappa shape index (κ2) is 12.3. The van der Waals surface area contributed by atoms with E-state index in [1.807, 2.05) is 37.3 Å². The molecule has 0 bridgehead atoms. The molecule has 8 heteroatoms. The first-order valence-corrected chi connectivity index (χ1v) is 12.0. The molecule has 0 aliphatic rings. The fourth-order valence-corrected chi connectivity index (χ4v) is 3.82. The van der Waals surface area contributed by atoms with Crippen molar-refractivity contribution < 1.29 is 22.1 Å². The van der Waals surface area contributed by atoms with Crippen molar-refractivity contribution in [3.8, 4) is 11.6 Å². The van der Waals surface area contributed by atoms with E-state index in [0.717, 1.165) is 24.8 Å². The molecule has 170 valence electrons. The molecule has 0 atom stereocenters. The monoisotopic (exact) mass is 456 g/mol. The molecule has 0 radical (unpaired) electrons. The zero-order valence-corrected chi connectivity index (χ0v) is 19.0. The van der Waals surface area contributed by atoms with Gasteiger partial charge in [-0.3, -0.25) is 4.18 Å². The normalized spacial score (nSPS) is 11.4. The molecule has 0 amide bonds. The van der Waals surface area contributed by atoms with E-state index in [0.29, 0.717) is 37.1 Å². The van der Waals surface area contributed by atoms with Crippen LogP contribution in [-0.2, 0) is 25.6 Å². The van der Waals surface area contributed by atoms with Crippen LogP contribution in [0.15, 0.2) is 71.8 Å². The van der Waals surface area contributed by atoms with Gasteiger partial charge in [0, 0.05) is 18.9 Å². The maximum Gasteiger partial charge on any atom is 0.296 e. The molecule has 0 saturated carbocycles. The predicted molar refractivity (Wildman–Crippen MR) is 121 cm³/mol. The molecule has 32 heavy (non-hydrogen) atoms. The minimum Gasteiger partial charge on any atom is -0.439 e. The van der Waals surface area contributed by atoms with E-state index < -0.39 is 10.1 Å². The van der Waals surface area contributed by atoms with Crippen LogP contribution in [0.5, 0.6) is 11.6 Å². The molecule has 0 aliphatic heterocycles. The van der Waals surface area contributed by atoms with Crippen molar-refractivity contribution in [1.29, 1.82) is 0 Å². The summed E-state index contributed by atoms with van der Waals surface area (Å²) < 4.78 is 40.7. The highest BCUT2D eigenvalue weighted by Gasteiger charge is 2.14. The van der Waals surface area contributed by atoms with E-state index in [1.165, 1.54) is 0 Å². The van der Waals surface area contributed by atoms with E-state index in [2.05, 4.69) is 9.97 Å². The number of unbranched alkanes of at least 4 members (excludes halogenated alkanes) is 3. The Balaban J connectivity index is 1.26. The third-order valence-electron chi connectivity index (χ3n) is 4.61. The predicted octanol–water partition coefficient (Wildman–Crippen LogP) is 5.06. The van der Waals surface area contributed by atoms with Crippen molar-refractivity contribution in [3.63, 3.8) is 0 Å². The minimum atomic E-state index is -3.68. The summed E-state index contributed by atoms with van der Waals surface area (Å²) in [5.74, 6) is 1.76. The van der Waals surface area contributed by atoms with Gasteiger partial charge in [0.2, 0.25) is 5.88 Å². The summed E-state index contributed by atoms with van der Waals surface area (Å²) in [6, 6.07) is 17.8. The van der Waals surface area contributed by atoms with Gasteiger partial charge in [-0.1, -0.05) is 48.7 Å². The summed E-state index contributed by atoms with van der Waals surface area (Å²) in [4.78, 5) is 8.74. The van der Waals surface area contributed by atoms with Crippen LogP contribution < -0.4 is 4.74 Å². The molecule has 0 unspecified atom stereocenters. The third-order valence-corrected chi connectivity index (χ3v) is 5.93. The van der Waals surface area contributed by atoms with Gasteiger partial charge in [-0.15, -0.1) is 0 Å². The summed E-state index contributed by atoms with van der Waals surface area (Å²) in [6.07, 6.45) is 4.97. The zero-order valence-electron chi connectivity index (χ0n) is 18.1. The Bertz CT molecular complexity index is 1060. The first-order chi connectivity index (χ1) is 15.5. The number of benzene rings is 2. The number of ether oxygens (including phenoxy) is 2. The SMILES string of the molecule is Cc1ccc(S(=O)(=O)OCCCCCCOCc2nccc(Oc3ccccc3)n2)cc1. The van der Waals surface area contributed by atoms with Gasteiger partial charge in [0.15, 0.2) is 5.82 Å². The van der Waals surface area contributed by atoms with Crippen LogP contribution in [0.25, 0.3) is 0 Å². The molecule has 1 aromatic heterocycles. The summed E-state index contributed by atoms with van der Waals surface area (Å²) in [6.45, 7) is 2.98. The van der Waals surface area contributed by atoms with E-state index in [4.69, 9.17) is 13.7 Å². The average Bonchev–Trinajstić information content (AvgIpc) is 2.79. The van der Waals surface area contributed by atoms with Gasteiger partial charge in [-0.25, -0.2) is 4.98 Å². The molecule has 0 N–H and O–H groups in total. The lowest BCUT2D eigenvalue weighted by atomic mass is 10.2. The molecule has 0 aliphatic carbocycles. The van der Waals surface area contributed by atoms with Crippen molar-refractivity contribution >= 4 is 10.1 Å². The van der Waals surface area contributed by atoms with Crippen molar-refractivity contribution in [2.75, 3.05) is 13.2 Å². The van der Waals surface area contributed by atoms with E-state index in [1.54, 1.807) is 36.5 Å². The van der Waals surface area contributed by atoms with Crippen molar-refractivity contribution in [1.82, 2.24) is 9.97 Å². The topological polar surface area (TPSA) is 87.6 Å². The third kappa shape index (κ3) is 8.03. The number of hydrogen-bond donors (Lipinski definition) is 0. The van der Waals surface area contributed by atoms with Crippen molar-refractivity contribution in [3.05, 3.63) is 78.2 Å². The van der Waals surface area contributed by atoms with E-state index >= 15 is 0 Å². The highest BCUT2D eigenvalue weighted by Crippen LogP contribution is 2.18. The van der Waals surface area contributed by atoms with Crippen LogP contribution in [0, 0.1) is 6.92 Å². The first kappa shape index (κ1) is 23.8. The number of rotatable bonds is 13. The first-order valence-electron chi connectivity index (χ1n) is 10.6. The lowest BCUT2D eigenvalue weighted by Gasteiger charge is -2.07. The Kier molecular flexibility index (Phi) is 9.15. The highest BCUT2D eigenvalue weighted by molar-refractivity contribution is 7.86. The minimum absolute atomic E-state index is 0.180. The molecule has 2 aromatic carbocycles. The van der Waals surface area contributed by atoms with Gasteiger partial charge in [-0.05, 0) is 44.0 Å².